The molecule has 1 amide bonds. The molecule has 1 fully saturated rings. The van der Waals surface area contributed by atoms with Crippen LogP contribution in [0.2, 0.25) is 0 Å². The van der Waals surface area contributed by atoms with Crippen LogP contribution in [0.5, 0.6) is 5.75 Å². The van der Waals surface area contributed by atoms with E-state index in [0.29, 0.717) is 26.0 Å². The number of methoxy groups -OCH3 is 1. The number of nitrogens with one attached hydrogen (secondary N) is 1. The lowest BCUT2D eigenvalue weighted by Gasteiger charge is -2.33. The van der Waals surface area contributed by atoms with Gasteiger partial charge in [0.05, 0.1) is 19.8 Å². The van der Waals surface area contributed by atoms with Gasteiger partial charge in [-0.05, 0) is 29.7 Å². The summed E-state index contributed by atoms with van der Waals surface area (Å²) in [5.41, 5.74) is 2.41. The second kappa shape index (κ2) is 10.1. The molecule has 1 aliphatic rings. The summed E-state index contributed by atoms with van der Waals surface area (Å²) in [5.74, 6) is 0.878. The summed E-state index contributed by atoms with van der Waals surface area (Å²) in [7, 11) is 1.65. The summed E-state index contributed by atoms with van der Waals surface area (Å²) in [5, 5.41) is 3.01. The normalized spacial score (nSPS) is 17.4. The topological polar surface area (TPSA) is 50.8 Å². The van der Waals surface area contributed by atoms with E-state index >= 15 is 0 Å². The molecule has 2 aromatic carbocycles. The molecule has 0 saturated carbocycles. The first-order chi connectivity index (χ1) is 13.2. The summed E-state index contributed by atoms with van der Waals surface area (Å²) >= 11 is 0. The molecule has 5 heteroatoms. The Hall–Kier alpha value is -2.37. The van der Waals surface area contributed by atoms with Crippen LogP contribution in [0.15, 0.2) is 54.6 Å². The number of morpholine rings is 1. The highest BCUT2D eigenvalue weighted by atomic mass is 16.5. The summed E-state index contributed by atoms with van der Waals surface area (Å²) in [6.45, 7) is 3.95. The first-order valence-electron chi connectivity index (χ1n) is 9.50. The molecule has 0 aromatic heterocycles. The fourth-order valence-electron chi connectivity index (χ4n) is 3.29. The molecule has 1 N–H and O–H groups in total. The number of amides is 1. The van der Waals surface area contributed by atoms with Crippen LogP contribution in [0.25, 0.3) is 0 Å². The second-order valence-corrected chi connectivity index (χ2v) is 6.87. The standard InChI is InChI=1S/C22H28N2O3/c1-26-20-9-5-8-18(14-20)10-11-22(25)23-15-21-17-24(12-13-27-21)16-19-6-3-2-4-7-19/h2-9,14,21H,10-13,15-17H2,1H3,(H,23,25). The van der Waals surface area contributed by atoms with Crippen LogP contribution in [-0.2, 0) is 22.5 Å². The zero-order valence-electron chi connectivity index (χ0n) is 15.9. The van der Waals surface area contributed by atoms with Gasteiger partial charge < -0.3 is 14.8 Å². The van der Waals surface area contributed by atoms with Crippen molar-refractivity contribution in [3.05, 3.63) is 65.7 Å². The highest BCUT2D eigenvalue weighted by Crippen LogP contribution is 2.14. The summed E-state index contributed by atoms with van der Waals surface area (Å²) in [6, 6.07) is 18.3. The van der Waals surface area contributed by atoms with E-state index in [0.717, 1.165) is 30.9 Å². The maximum Gasteiger partial charge on any atom is 0.220 e. The molecule has 0 radical (unpaired) electrons. The van der Waals surface area contributed by atoms with Gasteiger partial charge in [-0.15, -0.1) is 0 Å². The van der Waals surface area contributed by atoms with Crippen molar-refractivity contribution < 1.29 is 14.3 Å². The zero-order valence-corrected chi connectivity index (χ0v) is 15.9. The Balaban J connectivity index is 1.39. The molecule has 144 valence electrons. The predicted octanol–water partition coefficient (Wildman–Crippen LogP) is 2.65. The molecule has 0 bridgehead atoms. The van der Waals surface area contributed by atoms with Gasteiger partial charge in [-0.2, -0.15) is 0 Å². The molecule has 1 heterocycles. The number of carbonyl (C=O) groups excluding carboxylic acids is 1. The van der Waals surface area contributed by atoms with Gasteiger partial charge >= 0.3 is 0 Å². The van der Waals surface area contributed by atoms with Crippen molar-refractivity contribution >= 4 is 5.91 Å². The fraction of sp³-hybridized carbons (Fsp3) is 0.409. The van der Waals surface area contributed by atoms with Gasteiger partial charge in [-0.3, -0.25) is 9.69 Å². The smallest absolute Gasteiger partial charge is 0.220 e. The van der Waals surface area contributed by atoms with E-state index in [1.165, 1.54) is 5.56 Å². The first kappa shape index (κ1) is 19.4. The van der Waals surface area contributed by atoms with Crippen molar-refractivity contribution in [3.8, 4) is 5.75 Å². The van der Waals surface area contributed by atoms with Crippen LogP contribution in [0.4, 0.5) is 0 Å². The number of nitrogens with zero attached hydrogens (tertiary/aromatic N) is 1. The SMILES string of the molecule is COc1cccc(CCC(=O)NCC2CN(Cc3ccccc3)CCO2)c1. The van der Waals surface area contributed by atoms with Crippen LogP contribution in [0.1, 0.15) is 17.5 Å². The van der Waals surface area contributed by atoms with Gasteiger partial charge in [0.25, 0.3) is 0 Å². The van der Waals surface area contributed by atoms with E-state index in [2.05, 4.69) is 34.5 Å². The molecule has 1 atom stereocenters. The van der Waals surface area contributed by atoms with Gasteiger partial charge in [0.2, 0.25) is 5.91 Å². The predicted molar refractivity (Wildman–Crippen MR) is 106 cm³/mol. The third kappa shape index (κ3) is 6.38. The number of hydrogen-bond donors (Lipinski definition) is 1. The van der Waals surface area contributed by atoms with Gasteiger partial charge in [0.1, 0.15) is 5.75 Å². The van der Waals surface area contributed by atoms with Crippen molar-refractivity contribution in [1.29, 1.82) is 0 Å². The molecule has 1 unspecified atom stereocenters. The molecule has 2 aromatic rings. The Kier molecular flexibility index (Phi) is 7.25. The summed E-state index contributed by atoms with van der Waals surface area (Å²) < 4.78 is 11.0. The van der Waals surface area contributed by atoms with Crippen LogP contribution >= 0.6 is 0 Å². The van der Waals surface area contributed by atoms with Crippen molar-refractivity contribution in [2.45, 2.75) is 25.5 Å². The monoisotopic (exact) mass is 368 g/mol. The van der Waals surface area contributed by atoms with E-state index in [-0.39, 0.29) is 12.0 Å². The Bertz CT molecular complexity index is 721. The van der Waals surface area contributed by atoms with E-state index < -0.39 is 0 Å². The van der Waals surface area contributed by atoms with Crippen molar-refractivity contribution in [2.24, 2.45) is 0 Å². The lowest BCUT2D eigenvalue weighted by Crippen LogP contribution is -2.47. The molecule has 27 heavy (non-hydrogen) atoms. The van der Waals surface area contributed by atoms with Gasteiger partial charge in [0.15, 0.2) is 0 Å². The van der Waals surface area contributed by atoms with Crippen LogP contribution in [-0.4, -0.2) is 50.3 Å². The minimum absolute atomic E-state index is 0.0447. The number of rotatable bonds is 8. The number of ether oxygens (including phenoxy) is 2. The van der Waals surface area contributed by atoms with Crippen LogP contribution in [0.3, 0.4) is 0 Å². The van der Waals surface area contributed by atoms with Crippen LogP contribution in [0, 0.1) is 0 Å². The van der Waals surface area contributed by atoms with Gasteiger partial charge in [0, 0.05) is 32.6 Å². The number of aryl methyl sites for hydroxylation is 1. The molecule has 3 rings (SSSR count). The fourth-order valence-corrected chi connectivity index (χ4v) is 3.29. The van der Waals surface area contributed by atoms with E-state index in [9.17, 15) is 4.79 Å². The molecule has 0 aliphatic carbocycles. The molecule has 1 saturated heterocycles. The Morgan fingerprint density at radius 2 is 2.00 bits per heavy atom. The average molecular weight is 368 g/mol. The van der Waals surface area contributed by atoms with E-state index in [1.54, 1.807) is 7.11 Å². The second-order valence-electron chi connectivity index (χ2n) is 6.87. The van der Waals surface area contributed by atoms with Crippen molar-refractivity contribution in [1.82, 2.24) is 10.2 Å². The third-order valence-corrected chi connectivity index (χ3v) is 4.77. The quantitative estimate of drug-likeness (QED) is 0.778. The lowest BCUT2D eigenvalue weighted by molar-refractivity contribution is -0.122. The number of hydrogen-bond acceptors (Lipinski definition) is 4. The van der Waals surface area contributed by atoms with Crippen molar-refractivity contribution in [3.63, 3.8) is 0 Å². The summed E-state index contributed by atoms with van der Waals surface area (Å²) in [6.07, 6.45) is 1.21. The van der Waals surface area contributed by atoms with E-state index in [4.69, 9.17) is 9.47 Å². The average Bonchev–Trinajstić information content (AvgIpc) is 2.72. The Morgan fingerprint density at radius 3 is 2.81 bits per heavy atom. The highest BCUT2D eigenvalue weighted by Gasteiger charge is 2.21. The first-order valence-corrected chi connectivity index (χ1v) is 9.50. The largest absolute Gasteiger partial charge is 0.497 e. The third-order valence-electron chi connectivity index (χ3n) is 4.77. The molecular weight excluding hydrogens is 340 g/mol. The maximum absolute atomic E-state index is 12.2. The Labute approximate surface area is 161 Å². The molecule has 1 aliphatic heterocycles. The van der Waals surface area contributed by atoms with Gasteiger partial charge in [-0.1, -0.05) is 42.5 Å². The van der Waals surface area contributed by atoms with Gasteiger partial charge in [-0.25, -0.2) is 0 Å². The lowest BCUT2D eigenvalue weighted by atomic mass is 10.1. The minimum atomic E-state index is 0.0447. The maximum atomic E-state index is 12.2. The number of carbonyl (C=O) groups is 1. The molecule has 5 nitrogen and oxygen atoms in total. The summed E-state index contributed by atoms with van der Waals surface area (Å²) in [4.78, 5) is 14.6. The van der Waals surface area contributed by atoms with Crippen molar-refractivity contribution in [2.75, 3.05) is 33.4 Å². The zero-order chi connectivity index (χ0) is 18.9. The van der Waals surface area contributed by atoms with Crippen LogP contribution < -0.4 is 10.1 Å². The highest BCUT2D eigenvalue weighted by molar-refractivity contribution is 5.76. The molecule has 0 spiro atoms. The number of benzene rings is 2. The minimum Gasteiger partial charge on any atom is -0.497 e. The van der Waals surface area contributed by atoms with E-state index in [1.807, 2.05) is 30.3 Å². The molecular formula is C22H28N2O3. The Morgan fingerprint density at radius 1 is 1.19 bits per heavy atom.